The molecule has 19 heavy (non-hydrogen) atoms. The van der Waals surface area contributed by atoms with Crippen LogP contribution < -0.4 is 11.5 Å². The zero-order valence-electron chi connectivity index (χ0n) is 12.3. The molecule has 0 bridgehead atoms. The van der Waals surface area contributed by atoms with Crippen LogP contribution in [0.4, 0.5) is 0 Å². The maximum atomic E-state index is 12.5. The number of hydrogen-bond acceptors (Lipinski definition) is 3. The van der Waals surface area contributed by atoms with Gasteiger partial charge < -0.3 is 16.4 Å². The molecule has 1 saturated heterocycles. The second-order valence-corrected chi connectivity index (χ2v) is 7.02. The van der Waals surface area contributed by atoms with Crippen LogP contribution in [0.3, 0.4) is 0 Å². The monoisotopic (exact) mass is 267 g/mol. The molecule has 1 unspecified atom stereocenters. The SMILES string of the molecule is CC1(CN)CCN(C(=O)CC2(CN)CCCCC2)C1. The molecular weight excluding hydrogens is 238 g/mol. The predicted molar refractivity (Wildman–Crippen MR) is 77.5 cm³/mol. The van der Waals surface area contributed by atoms with Gasteiger partial charge >= 0.3 is 0 Å². The van der Waals surface area contributed by atoms with Crippen molar-refractivity contribution in [1.82, 2.24) is 4.90 Å². The van der Waals surface area contributed by atoms with Crippen LogP contribution in [-0.4, -0.2) is 37.0 Å². The summed E-state index contributed by atoms with van der Waals surface area (Å²) in [5, 5.41) is 0. The van der Waals surface area contributed by atoms with Crippen LogP contribution in [0.25, 0.3) is 0 Å². The van der Waals surface area contributed by atoms with Crippen LogP contribution in [0.2, 0.25) is 0 Å². The second kappa shape index (κ2) is 5.80. The average molecular weight is 267 g/mol. The lowest BCUT2D eigenvalue weighted by Crippen LogP contribution is -2.41. The first-order chi connectivity index (χ1) is 9.02. The van der Waals surface area contributed by atoms with Crippen LogP contribution in [0, 0.1) is 10.8 Å². The summed E-state index contributed by atoms with van der Waals surface area (Å²) in [7, 11) is 0. The topological polar surface area (TPSA) is 72.3 Å². The predicted octanol–water partition coefficient (Wildman–Crippen LogP) is 1.48. The Hall–Kier alpha value is -0.610. The van der Waals surface area contributed by atoms with E-state index < -0.39 is 0 Å². The molecular formula is C15H29N3O. The molecule has 1 aliphatic heterocycles. The van der Waals surface area contributed by atoms with Crippen molar-refractivity contribution in [2.45, 2.75) is 51.9 Å². The number of nitrogens with zero attached hydrogens (tertiary/aromatic N) is 1. The van der Waals surface area contributed by atoms with Crippen LogP contribution in [0.1, 0.15) is 51.9 Å². The van der Waals surface area contributed by atoms with Gasteiger partial charge in [0.05, 0.1) is 0 Å². The van der Waals surface area contributed by atoms with E-state index in [1.165, 1.54) is 19.3 Å². The van der Waals surface area contributed by atoms with Gasteiger partial charge in [0.2, 0.25) is 5.91 Å². The molecule has 110 valence electrons. The van der Waals surface area contributed by atoms with Gasteiger partial charge in [0, 0.05) is 19.5 Å². The molecule has 1 saturated carbocycles. The van der Waals surface area contributed by atoms with Crippen LogP contribution in [-0.2, 0) is 4.79 Å². The Morgan fingerprint density at radius 1 is 1.11 bits per heavy atom. The maximum absolute atomic E-state index is 12.5. The average Bonchev–Trinajstić information content (AvgIpc) is 2.83. The summed E-state index contributed by atoms with van der Waals surface area (Å²) in [6.07, 6.45) is 7.67. The van der Waals surface area contributed by atoms with E-state index in [0.717, 1.165) is 32.4 Å². The van der Waals surface area contributed by atoms with Gasteiger partial charge in [-0.25, -0.2) is 0 Å². The summed E-state index contributed by atoms with van der Waals surface area (Å²) in [4.78, 5) is 14.5. The first-order valence-corrected chi connectivity index (χ1v) is 7.71. The first-order valence-electron chi connectivity index (χ1n) is 7.71. The summed E-state index contributed by atoms with van der Waals surface area (Å²) in [5.41, 5.74) is 12.0. The summed E-state index contributed by atoms with van der Waals surface area (Å²) in [6, 6.07) is 0. The van der Waals surface area contributed by atoms with Gasteiger partial charge in [0.1, 0.15) is 0 Å². The molecule has 4 N–H and O–H groups in total. The van der Waals surface area contributed by atoms with Crippen molar-refractivity contribution in [2.75, 3.05) is 26.2 Å². The van der Waals surface area contributed by atoms with E-state index in [1.54, 1.807) is 0 Å². The lowest BCUT2D eigenvalue weighted by molar-refractivity contribution is -0.133. The van der Waals surface area contributed by atoms with E-state index in [9.17, 15) is 4.79 Å². The van der Waals surface area contributed by atoms with Crippen molar-refractivity contribution in [3.8, 4) is 0 Å². The molecule has 1 heterocycles. The van der Waals surface area contributed by atoms with Crippen molar-refractivity contribution in [3.63, 3.8) is 0 Å². The van der Waals surface area contributed by atoms with Crippen LogP contribution >= 0.6 is 0 Å². The van der Waals surface area contributed by atoms with Crippen LogP contribution in [0.5, 0.6) is 0 Å². The fourth-order valence-corrected chi connectivity index (χ4v) is 3.59. The van der Waals surface area contributed by atoms with E-state index in [-0.39, 0.29) is 10.8 Å². The largest absolute Gasteiger partial charge is 0.342 e. The maximum Gasteiger partial charge on any atom is 0.223 e. The molecule has 2 rings (SSSR count). The highest BCUT2D eigenvalue weighted by molar-refractivity contribution is 5.77. The summed E-state index contributed by atoms with van der Waals surface area (Å²) in [5.74, 6) is 0.296. The molecule has 4 nitrogen and oxygen atoms in total. The third-order valence-electron chi connectivity index (χ3n) is 5.28. The molecule has 0 aromatic rings. The number of rotatable bonds is 4. The molecule has 4 heteroatoms. The van der Waals surface area contributed by atoms with E-state index in [0.29, 0.717) is 25.4 Å². The molecule has 0 aromatic carbocycles. The quantitative estimate of drug-likeness (QED) is 0.810. The van der Waals surface area contributed by atoms with Gasteiger partial charge in [0.25, 0.3) is 0 Å². The molecule has 1 aliphatic carbocycles. The highest BCUT2D eigenvalue weighted by Gasteiger charge is 2.39. The Labute approximate surface area is 116 Å². The third-order valence-corrected chi connectivity index (χ3v) is 5.28. The normalized spacial score (nSPS) is 30.6. The summed E-state index contributed by atoms with van der Waals surface area (Å²) >= 11 is 0. The Morgan fingerprint density at radius 2 is 1.79 bits per heavy atom. The van der Waals surface area contributed by atoms with Crippen molar-refractivity contribution >= 4 is 5.91 Å². The van der Waals surface area contributed by atoms with Gasteiger partial charge in [-0.15, -0.1) is 0 Å². The number of amides is 1. The fraction of sp³-hybridized carbons (Fsp3) is 0.933. The van der Waals surface area contributed by atoms with Gasteiger partial charge in [0.15, 0.2) is 0 Å². The van der Waals surface area contributed by atoms with Gasteiger partial charge in [-0.3, -0.25) is 4.79 Å². The van der Waals surface area contributed by atoms with E-state index in [1.807, 2.05) is 4.90 Å². The van der Waals surface area contributed by atoms with Crippen molar-refractivity contribution in [2.24, 2.45) is 22.3 Å². The zero-order valence-corrected chi connectivity index (χ0v) is 12.3. The Morgan fingerprint density at radius 3 is 2.32 bits per heavy atom. The summed E-state index contributed by atoms with van der Waals surface area (Å²) < 4.78 is 0. The minimum Gasteiger partial charge on any atom is -0.342 e. The van der Waals surface area contributed by atoms with Crippen molar-refractivity contribution in [1.29, 1.82) is 0 Å². The first kappa shape index (κ1) is 14.8. The van der Waals surface area contributed by atoms with Crippen LogP contribution in [0.15, 0.2) is 0 Å². The molecule has 0 spiro atoms. The molecule has 0 aromatic heterocycles. The minimum absolute atomic E-state index is 0.0804. The second-order valence-electron chi connectivity index (χ2n) is 7.02. The highest BCUT2D eigenvalue weighted by atomic mass is 16.2. The zero-order chi connectivity index (χ0) is 13.9. The number of likely N-dealkylation sites (tertiary alicyclic amines) is 1. The fourth-order valence-electron chi connectivity index (χ4n) is 3.59. The minimum atomic E-state index is 0.0804. The number of carbonyl (C=O) groups is 1. The number of carbonyl (C=O) groups excluding carboxylic acids is 1. The smallest absolute Gasteiger partial charge is 0.223 e. The number of hydrogen-bond donors (Lipinski definition) is 2. The molecule has 1 atom stereocenters. The third kappa shape index (κ3) is 3.29. The van der Waals surface area contributed by atoms with E-state index in [2.05, 4.69) is 6.92 Å². The molecule has 2 fully saturated rings. The Bertz CT molecular complexity index is 325. The summed E-state index contributed by atoms with van der Waals surface area (Å²) in [6.45, 7) is 5.19. The standard InChI is InChI=1S/C15H29N3O/c1-14(10-16)7-8-18(12-14)13(19)9-15(11-17)5-3-2-4-6-15/h2-12,16-17H2,1H3. The Balaban J connectivity index is 1.93. The van der Waals surface area contributed by atoms with E-state index in [4.69, 9.17) is 11.5 Å². The lowest BCUT2D eigenvalue weighted by Gasteiger charge is -2.37. The van der Waals surface area contributed by atoms with E-state index >= 15 is 0 Å². The van der Waals surface area contributed by atoms with Gasteiger partial charge in [-0.05, 0) is 43.2 Å². The number of nitrogens with two attached hydrogens (primary N) is 2. The van der Waals surface area contributed by atoms with Crippen molar-refractivity contribution in [3.05, 3.63) is 0 Å². The van der Waals surface area contributed by atoms with Gasteiger partial charge in [-0.2, -0.15) is 0 Å². The molecule has 1 amide bonds. The molecule has 2 aliphatic rings. The molecule has 0 radical (unpaired) electrons. The van der Waals surface area contributed by atoms with Crippen molar-refractivity contribution < 1.29 is 4.79 Å². The lowest BCUT2D eigenvalue weighted by atomic mass is 9.71. The van der Waals surface area contributed by atoms with Gasteiger partial charge in [-0.1, -0.05) is 26.2 Å². The highest BCUT2D eigenvalue weighted by Crippen LogP contribution is 2.39. The Kier molecular flexibility index (Phi) is 4.51.